The van der Waals surface area contributed by atoms with Crippen molar-refractivity contribution in [3.05, 3.63) is 30.0 Å². The number of methoxy groups -OCH3 is 1. The van der Waals surface area contributed by atoms with Crippen LogP contribution >= 0.6 is 0 Å². The zero-order valence-corrected chi connectivity index (χ0v) is 9.14. The van der Waals surface area contributed by atoms with Crippen LogP contribution in [0.4, 0.5) is 4.79 Å². The lowest BCUT2D eigenvalue weighted by Gasteiger charge is -2.03. The van der Waals surface area contributed by atoms with Gasteiger partial charge in [-0.25, -0.2) is 9.78 Å². The summed E-state index contributed by atoms with van der Waals surface area (Å²) >= 11 is 0. The number of ether oxygens (including phenoxy) is 2. The van der Waals surface area contributed by atoms with Crippen molar-refractivity contribution < 1.29 is 19.4 Å². The Labute approximate surface area is 93.3 Å². The fourth-order valence-electron chi connectivity index (χ4n) is 1.09. The molecule has 5 nitrogen and oxygen atoms in total. The van der Waals surface area contributed by atoms with Crippen molar-refractivity contribution in [2.24, 2.45) is 0 Å². The molecule has 1 heterocycles. The first-order valence-electron chi connectivity index (χ1n) is 4.66. The van der Waals surface area contributed by atoms with E-state index in [0.717, 1.165) is 11.1 Å². The number of allylic oxidation sites excluding steroid dienone is 1. The lowest BCUT2D eigenvalue weighted by atomic mass is 10.1. The molecule has 1 aromatic heterocycles. The van der Waals surface area contributed by atoms with E-state index in [1.54, 1.807) is 25.4 Å². The van der Waals surface area contributed by atoms with Gasteiger partial charge < -0.3 is 14.6 Å². The third-order valence-electron chi connectivity index (χ3n) is 2.00. The third-order valence-corrected chi connectivity index (χ3v) is 2.00. The highest BCUT2D eigenvalue weighted by Gasteiger charge is 1.98. The van der Waals surface area contributed by atoms with Gasteiger partial charge in [-0.3, -0.25) is 0 Å². The quantitative estimate of drug-likeness (QED) is 0.792. The number of pyridine rings is 1. The van der Waals surface area contributed by atoms with Gasteiger partial charge in [0.05, 0.1) is 7.11 Å². The molecule has 0 radical (unpaired) electrons. The van der Waals surface area contributed by atoms with Gasteiger partial charge in [0, 0.05) is 12.3 Å². The lowest BCUT2D eigenvalue weighted by Crippen LogP contribution is -1.99. The second-order valence-electron chi connectivity index (χ2n) is 3.05. The van der Waals surface area contributed by atoms with E-state index in [-0.39, 0.29) is 6.61 Å². The third kappa shape index (κ3) is 3.61. The van der Waals surface area contributed by atoms with E-state index in [0.29, 0.717) is 5.88 Å². The van der Waals surface area contributed by atoms with Crippen LogP contribution in [0.25, 0.3) is 5.57 Å². The Bertz CT molecular complexity index is 383. The molecule has 0 saturated carbocycles. The molecule has 5 heteroatoms. The maximum Gasteiger partial charge on any atom is 0.506 e. The average molecular weight is 223 g/mol. The molecular weight excluding hydrogens is 210 g/mol. The largest absolute Gasteiger partial charge is 0.506 e. The molecule has 0 aliphatic rings. The summed E-state index contributed by atoms with van der Waals surface area (Å²) in [6, 6.07) is 3.59. The SMILES string of the molecule is COc1ccc(C(C)=CCOC(=O)O)cn1. The van der Waals surface area contributed by atoms with E-state index < -0.39 is 6.16 Å². The maximum atomic E-state index is 10.1. The number of hydrogen-bond acceptors (Lipinski definition) is 4. The van der Waals surface area contributed by atoms with Crippen LogP contribution < -0.4 is 4.74 Å². The Morgan fingerprint density at radius 2 is 2.31 bits per heavy atom. The molecule has 0 saturated heterocycles. The molecule has 0 aliphatic heterocycles. The van der Waals surface area contributed by atoms with Gasteiger partial charge in [0.25, 0.3) is 0 Å². The molecule has 0 amide bonds. The molecular formula is C11H13NO4. The molecule has 0 unspecified atom stereocenters. The van der Waals surface area contributed by atoms with E-state index in [1.807, 2.05) is 13.0 Å². The Kier molecular flexibility index (Phi) is 4.32. The Morgan fingerprint density at radius 1 is 1.56 bits per heavy atom. The van der Waals surface area contributed by atoms with E-state index in [4.69, 9.17) is 9.84 Å². The number of nitrogens with zero attached hydrogens (tertiary/aromatic N) is 1. The van der Waals surface area contributed by atoms with Crippen LogP contribution in [0.15, 0.2) is 24.4 Å². The average Bonchev–Trinajstić information content (AvgIpc) is 2.28. The summed E-state index contributed by atoms with van der Waals surface area (Å²) in [5, 5.41) is 8.28. The normalized spacial score (nSPS) is 11.0. The summed E-state index contributed by atoms with van der Waals surface area (Å²) in [7, 11) is 1.55. The van der Waals surface area contributed by atoms with Gasteiger partial charge >= 0.3 is 6.16 Å². The number of carboxylic acid groups (broad SMARTS) is 1. The second kappa shape index (κ2) is 5.75. The van der Waals surface area contributed by atoms with Gasteiger partial charge in [0.15, 0.2) is 0 Å². The minimum absolute atomic E-state index is 0.0349. The minimum atomic E-state index is -1.28. The first kappa shape index (κ1) is 12.0. The molecule has 1 rings (SSSR count). The maximum absolute atomic E-state index is 10.1. The van der Waals surface area contributed by atoms with Crippen molar-refractivity contribution in [3.8, 4) is 5.88 Å². The van der Waals surface area contributed by atoms with Crippen LogP contribution in [-0.2, 0) is 4.74 Å². The smallest absolute Gasteiger partial charge is 0.481 e. The van der Waals surface area contributed by atoms with E-state index >= 15 is 0 Å². The highest BCUT2D eigenvalue weighted by molar-refractivity contribution is 5.63. The van der Waals surface area contributed by atoms with Crippen LogP contribution in [0.5, 0.6) is 5.88 Å². The van der Waals surface area contributed by atoms with Crippen molar-refractivity contribution in [2.45, 2.75) is 6.92 Å². The van der Waals surface area contributed by atoms with E-state index in [1.165, 1.54) is 0 Å². The predicted octanol–water partition coefficient (Wildman–Crippen LogP) is 2.19. The number of carbonyl (C=O) groups is 1. The van der Waals surface area contributed by atoms with Crippen LogP contribution in [0.2, 0.25) is 0 Å². The molecule has 0 bridgehead atoms. The van der Waals surface area contributed by atoms with Crippen molar-refractivity contribution in [1.29, 1.82) is 0 Å². The minimum Gasteiger partial charge on any atom is -0.481 e. The van der Waals surface area contributed by atoms with Crippen molar-refractivity contribution >= 4 is 11.7 Å². The highest BCUT2D eigenvalue weighted by atomic mass is 16.7. The van der Waals surface area contributed by atoms with Gasteiger partial charge in [-0.15, -0.1) is 0 Å². The molecule has 86 valence electrons. The molecule has 0 fully saturated rings. The van der Waals surface area contributed by atoms with Crippen LogP contribution in [-0.4, -0.2) is 30.0 Å². The van der Waals surface area contributed by atoms with Gasteiger partial charge in [-0.05, 0) is 30.2 Å². The summed E-state index contributed by atoms with van der Waals surface area (Å²) in [4.78, 5) is 14.2. The molecule has 1 aromatic rings. The number of rotatable bonds is 4. The predicted molar refractivity (Wildman–Crippen MR) is 58.4 cm³/mol. The van der Waals surface area contributed by atoms with Crippen LogP contribution in [0.3, 0.4) is 0 Å². The topological polar surface area (TPSA) is 68.7 Å². The van der Waals surface area contributed by atoms with Gasteiger partial charge in [-0.2, -0.15) is 0 Å². The standard InChI is InChI=1S/C11H13NO4/c1-8(5-6-16-11(13)14)9-3-4-10(15-2)12-7-9/h3-5,7H,6H2,1-2H3,(H,13,14). The summed E-state index contributed by atoms with van der Waals surface area (Å²) in [5.41, 5.74) is 1.80. The van der Waals surface area contributed by atoms with Crippen molar-refractivity contribution in [1.82, 2.24) is 4.98 Å². The molecule has 0 aliphatic carbocycles. The molecule has 0 atom stereocenters. The molecule has 0 spiro atoms. The zero-order valence-electron chi connectivity index (χ0n) is 9.14. The van der Waals surface area contributed by atoms with Gasteiger partial charge in [-0.1, -0.05) is 0 Å². The number of hydrogen-bond donors (Lipinski definition) is 1. The van der Waals surface area contributed by atoms with Gasteiger partial charge in [0.1, 0.15) is 6.61 Å². The van der Waals surface area contributed by atoms with Crippen LogP contribution in [0.1, 0.15) is 12.5 Å². The Morgan fingerprint density at radius 3 is 2.81 bits per heavy atom. The Hall–Kier alpha value is -2.04. The van der Waals surface area contributed by atoms with Gasteiger partial charge in [0.2, 0.25) is 5.88 Å². The Balaban J connectivity index is 2.64. The summed E-state index contributed by atoms with van der Waals surface area (Å²) in [6.45, 7) is 1.89. The monoisotopic (exact) mass is 223 g/mol. The highest BCUT2D eigenvalue weighted by Crippen LogP contribution is 2.14. The second-order valence-corrected chi connectivity index (χ2v) is 3.05. The first-order chi connectivity index (χ1) is 7.63. The van der Waals surface area contributed by atoms with Crippen molar-refractivity contribution in [3.63, 3.8) is 0 Å². The fourth-order valence-corrected chi connectivity index (χ4v) is 1.09. The molecule has 1 N–H and O–H groups in total. The first-order valence-corrected chi connectivity index (χ1v) is 4.66. The summed E-state index contributed by atoms with van der Waals surface area (Å²) in [5.74, 6) is 0.540. The van der Waals surface area contributed by atoms with Crippen molar-refractivity contribution in [2.75, 3.05) is 13.7 Å². The fraction of sp³-hybridized carbons (Fsp3) is 0.273. The van der Waals surface area contributed by atoms with E-state index in [9.17, 15) is 4.79 Å². The molecule has 0 aromatic carbocycles. The van der Waals surface area contributed by atoms with Crippen LogP contribution in [0, 0.1) is 0 Å². The zero-order chi connectivity index (χ0) is 12.0. The lowest BCUT2D eigenvalue weighted by molar-refractivity contribution is 0.102. The number of aromatic nitrogens is 1. The summed E-state index contributed by atoms with van der Waals surface area (Å²) < 4.78 is 9.30. The molecule has 16 heavy (non-hydrogen) atoms. The summed E-state index contributed by atoms with van der Waals surface area (Å²) in [6.07, 6.45) is 2.06. The van der Waals surface area contributed by atoms with E-state index in [2.05, 4.69) is 9.72 Å².